The van der Waals surface area contributed by atoms with Gasteiger partial charge >= 0.3 is 0 Å². The van der Waals surface area contributed by atoms with Gasteiger partial charge in [-0.15, -0.1) is 0 Å². The average Bonchev–Trinajstić information content (AvgIpc) is 2.30. The zero-order chi connectivity index (χ0) is 12.1. The van der Waals surface area contributed by atoms with Crippen molar-refractivity contribution in [1.82, 2.24) is 5.32 Å². The summed E-state index contributed by atoms with van der Waals surface area (Å²) in [6.45, 7) is 0. The fourth-order valence-electron chi connectivity index (χ4n) is 1.43. The first-order valence-corrected chi connectivity index (χ1v) is 5.47. The van der Waals surface area contributed by atoms with E-state index in [1.165, 1.54) is 7.11 Å². The quantitative estimate of drug-likeness (QED) is 0.903. The molecule has 1 atom stereocenters. The second-order valence-corrected chi connectivity index (χ2v) is 3.94. The van der Waals surface area contributed by atoms with Crippen LogP contribution in [0, 0.1) is 11.3 Å². The van der Waals surface area contributed by atoms with Crippen LogP contribution in [0.25, 0.3) is 0 Å². The third-order valence-corrected chi connectivity index (χ3v) is 3.20. The molecule has 0 saturated carbocycles. The van der Waals surface area contributed by atoms with E-state index in [1.54, 1.807) is 13.1 Å². The van der Waals surface area contributed by atoms with Crippen LogP contribution in [0.15, 0.2) is 12.1 Å². The molecule has 0 aliphatic heterocycles. The summed E-state index contributed by atoms with van der Waals surface area (Å²) >= 11 is 12.2. The van der Waals surface area contributed by atoms with Crippen molar-refractivity contribution in [3.63, 3.8) is 0 Å². The molecule has 0 spiro atoms. The van der Waals surface area contributed by atoms with Crippen LogP contribution in [-0.2, 0) is 0 Å². The number of nitrogens with zero attached hydrogens (tertiary/aromatic N) is 1. The third kappa shape index (κ3) is 2.59. The normalized spacial score (nSPS) is 11.9. The molecule has 0 aliphatic rings. The highest BCUT2D eigenvalue weighted by Crippen LogP contribution is 2.37. The van der Waals surface area contributed by atoms with Gasteiger partial charge in [0.1, 0.15) is 10.8 Å². The van der Waals surface area contributed by atoms with Crippen LogP contribution in [-0.4, -0.2) is 14.2 Å². The minimum Gasteiger partial charge on any atom is -0.495 e. The number of benzene rings is 1. The van der Waals surface area contributed by atoms with E-state index in [2.05, 4.69) is 11.4 Å². The summed E-state index contributed by atoms with van der Waals surface area (Å²) in [5.74, 6) is 0.530. The molecule has 0 aliphatic carbocycles. The first-order valence-electron chi connectivity index (χ1n) is 4.71. The molecule has 0 bridgehead atoms. The van der Waals surface area contributed by atoms with Gasteiger partial charge in [-0.1, -0.05) is 29.3 Å². The molecule has 5 heteroatoms. The van der Waals surface area contributed by atoms with Gasteiger partial charge in [0.25, 0.3) is 0 Å². The third-order valence-electron chi connectivity index (χ3n) is 2.32. The predicted molar refractivity (Wildman–Crippen MR) is 65.0 cm³/mol. The molecule has 0 fully saturated rings. The Hall–Kier alpha value is -0.950. The topological polar surface area (TPSA) is 45.0 Å². The smallest absolute Gasteiger partial charge is 0.139 e. The highest BCUT2D eigenvalue weighted by atomic mass is 35.5. The van der Waals surface area contributed by atoms with Crippen LogP contribution in [0.4, 0.5) is 0 Å². The second-order valence-electron chi connectivity index (χ2n) is 3.19. The highest BCUT2D eigenvalue weighted by molar-refractivity contribution is 6.43. The van der Waals surface area contributed by atoms with E-state index in [1.807, 2.05) is 6.07 Å². The lowest BCUT2D eigenvalue weighted by Crippen LogP contribution is -2.16. The van der Waals surface area contributed by atoms with Crippen LogP contribution in [0.5, 0.6) is 5.75 Å². The van der Waals surface area contributed by atoms with Gasteiger partial charge in [0.05, 0.1) is 24.6 Å². The molecule has 0 radical (unpaired) electrons. The molecule has 86 valence electrons. The Kier molecular flexibility index (Phi) is 4.88. The fourth-order valence-corrected chi connectivity index (χ4v) is 1.97. The molecular weight excluding hydrogens is 247 g/mol. The Morgan fingerprint density at radius 2 is 2.12 bits per heavy atom. The number of halogens is 2. The van der Waals surface area contributed by atoms with Crippen LogP contribution < -0.4 is 10.1 Å². The van der Waals surface area contributed by atoms with Crippen molar-refractivity contribution in [1.29, 1.82) is 5.26 Å². The molecule has 1 aromatic rings. The van der Waals surface area contributed by atoms with E-state index in [-0.39, 0.29) is 6.04 Å². The maximum Gasteiger partial charge on any atom is 0.139 e. The van der Waals surface area contributed by atoms with E-state index >= 15 is 0 Å². The Bertz CT molecular complexity index is 415. The number of hydrogen-bond acceptors (Lipinski definition) is 3. The average molecular weight is 259 g/mol. The fraction of sp³-hybridized carbons (Fsp3) is 0.364. The van der Waals surface area contributed by atoms with E-state index in [0.29, 0.717) is 22.2 Å². The van der Waals surface area contributed by atoms with Gasteiger partial charge in [0.2, 0.25) is 0 Å². The number of methoxy groups -OCH3 is 1. The molecular formula is C11H12Cl2N2O. The SMILES string of the molecule is CNC(CC#N)c1ccc(OC)c(Cl)c1Cl. The number of nitriles is 1. The minimum atomic E-state index is -0.124. The lowest BCUT2D eigenvalue weighted by atomic mass is 10.0. The van der Waals surface area contributed by atoms with Crippen LogP contribution in [0.2, 0.25) is 10.0 Å². The van der Waals surface area contributed by atoms with Crippen LogP contribution in [0.3, 0.4) is 0 Å². The maximum absolute atomic E-state index is 8.70. The standard InChI is InChI=1S/C11H12Cl2N2O/c1-15-8(5-6-14)7-3-4-9(16-2)11(13)10(7)12/h3-4,8,15H,5H2,1-2H3. The predicted octanol–water partition coefficient (Wildman–Crippen LogP) is 3.18. The van der Waals surface area contributed by atoms with Crippen molar-refractivity contribution >= 4 is 23.2 Å². The Balaban J connectivity index is 3.15. The lowest BCUT2D eigenvalue weighted by Gasteiger charge is -2.16. The molecule has 1 N–H and O–H groups in total. The van der Waals surface area contributed by atoms with Crippen molar-refractivity contribution in [3.8, 4) is 11.8 Å². The summed E-state index contributed by atoms with van der Waals surface area (Å²) in [5.41, 5.74) is 0.802. The zero-order valence-corrected chi connectivity index (χ0v) is 10.6. The van der Waals surface area contributed by atoms with Gasteiger partial charge < -0.3 is 10.1 Å². The zero-order valence-electron chi connectivity index (χ0n) is 9.05. The van der Waals surface area contributed by atoms with E-state index < -0.39 is 0 Å². The number of nitrogens with one attached hydrogen (secondary N) is 1. The van der Waals surface area contributed by atoms with E-state index in [0.717, 1.165) is 5.56 Å². The van der Waals surface area contributed by atoms with Gasteiger partial charge in [-0.25, -0.2) is 0 Å². The Morgan fingerprint density at radius 1 is 1.44 bits per heavy atom. The van der Waals surface area contributed by atoms with Crippen molar-refractivity contribution in [3.05, 3.63) is 27.7 Å². The molecule has 1 unspecified atom stereocenters. The second kappa shape index (κ2) is 5.95. The highest BCUT2D eigenvalue weighted by Gasteiger charge is 2.17. The maximum atomic E-state index is 8.70. The minimum absolute atomic E-state index is 0.124. The Labute approximate surface area is 105 Å². The summed E-state index contributed by atoms with van der Waals surface area (Å²) in [5, 5.41) is 12.5. The van der Waals surface area contributed by atoms with Crippen molar-refractivity contribution in [2.24, 2.45) is 0 Å². The summed E-state index contributed by atoms with van der Waals surface area (Å²) in [6, 6.07) is 5.53. The molecule has 16 heavy (non-hydrogen) atoms. The number of hydrogen-bond donors (Lipinski definition) is 1. The number of rotatable bonds is 4. The van der Waals surface area contributed by atoms with Gasteiger partial charge in [-0.3, -0.25) is 0 Å². The molecule has 3 nitrogen and oxygen atoms in total. The summed E-state index contributed by atoms with van der Waals surface area (Å²) in [4.78, 5) is 0. The molecule has 0 aromatic heterocycles. The molecule has 1 aromatic carbocycles. The summed E-state index contributed by atoms with van der Waals surface area (Å²) in [7, 11) is 3.30. The van der Waals surface area contributed by atoms with Crippen molar-refractivity contribution < 1.29 is 4.74 Å². The lowest BCUT2D eigenvalue weighted by molar-refractivity contribution is 0.414. The van der Waals surface area contributed by atoms with Gasteiger partial charge in [-0.05, 0) is 18.7 Å². The largest absolute Gasteiger partial charge is 0.495 e. The van der Waals surface area contributed by atoms with E-state index in [4.69, 9.17) is 33.2 Å². The monoisotopic (exact) mass is 258 g/mol. The first-order chi connectivity index (χ1) is 7.65. The Morgan fingerprint density at radius 3 is 2.62 bits per heavy atom. The van der Waals surface area contributed by atoms with Gasteiger partial charge in [-0.2, -0.15) is 5.26 Å². The van der Waals surface area contributed by atoms with Crippen molar-refractivity contribution in [2.75, 3.05) is 14.2 Å². The molecule has 0 heterocycles. The molecule has 1 rings (SSSR count). The molecule has 0 amide bonds. The summed E-state index contributed by atoms with van der Waals surface area (Å²) < 4.78 is 5.05. The first kappa shape index (κ1) is 13.1. The van der Waals surface area contributed by atoms with Crippen LogP contribution in [0.1, 0.15) is 18.0 Å². The summed E-state index contributed by atoms with van der Waals surface area (Å²) in [6.07, 6.45) is 0.332. The van der Waals surface area contributed by atoms with Gasteiger partial charge in [0.15, 0.2) is 0 Å². The van der Waals surface area contributed by atoms with E-state index in [9.17, 15) is 0 Å². The van der Waals surface area contributed by atoms with Gasteiger partial charge in [0, 0.05) is 6.04 Å². The van der Waals surface area contributed by atoms with Crippen molar-refractivity contribution in [2.45, 2.75) is 12.5 Å². The van der Waals surface area contributed by atoms with Crippen LogP contribution >= 0.6 is 23.2 Å². The molecule has 0 saturated heterocycles. The number of ether oxygens (including phenoxy) is 1.